The highest BCUT2D eigenvalue weighted by Gasteiger charge is 2.39. The summed E-state index contributed by atoms with van der Waals surface area (Å²) in [7, 11) is 3.07. The van der Waals surface area contributed by atoms with Gasteiger partial charge in [0.25, 0.3) is 5.91 Å². The fourth-order valence-electron chi connectivity index (χ4n) is 4.43. The summed E-state index contributed by atoms with van der Waals surface area (Å²) in [6.45, 7) is 1.97. The number of nitrogens with zero attached hydrogens (tertiary/aromatic N) is 3. The number of hydrogen-bond acceptors (Lipinski definition) is 7. The van der Waals surface area contributed by atoms with Crippen molar-refractivity contribution in [3.8, 4) is 11.5 Å². The first kappa shape index (κ1) is 23.3. The van der Waals surface area contributed by atoms with Gasteiger partial charge in [0.05, 0.1) is 39.1 Å². The molecule has 0 spiro atoms. The van der Waals surface area contributed by atoms with Crippen LogP contribution in [-0.2, 0) is 10.4 Å². The second kappa shape index (κ2) is 9.93. The molecule has 1 atom stereocenters. The molecule has 9 heteroatoms. The minimum Gasteiger partial charge on any atom is -0.497 e. The zero-order chi connectivity index (χ0) is 23.4. The number of rotatable bonds is 6. The highest BCUT2D eigenvalue weighted by Crippen LogP contribution is 2.40. The van der Waals surface area contributed by atoms with E-state index in [1.165, 1.54) is 14.2 Å². The van der Waals surface area contributed by atoms with Crippen LogP contribution >= 0.6 is 0 Å². The molecule has 2 fully saturated rings. The number of likely N-dealkylation sites (tertiary alicyclic amines) is 1. The number of carbonyl (C=O) groups excluding carboxylic acids is 1. The topological polar surface area (TPSA) is 84.4 Å². The van der Waals surface area contributed by atoms with E-state index in [0.717, 1.165) is 0 Å². The molecule has 178 valence electrons. The number of anilines is 1. The van der Waals surface area contributed by atoms with E-state index in [-0.39, 0.29) is 44.5 Å². The largest absolute Gasteiger partial charge is 0.497 e. The number of aromatic nitrogens is 1. The molecule has 0 radical (unpaired) electrons. The summed E-state index contributed by atoms with van der Waals surface area (Å²) in [4.78, 5) is 21.5. The minimum absolute atomic E-state index is 0.0909. The molecule has 0 aliphatic carbocycles. The number of piperidine rings is 1. The number of methoxy groups -OCH3 is 2. The van der Waals surface area contributed by atoms with Crippen molar-refractivity contribution >= 4 is 11.7 Å². The maximum absolute atomic E-state index is 15.9. The summed E-state index contributed by atoms with van der Waals surface area (Å²) in [6, 6.07) is 8.57. The molecule has 3 heterocycles. The number of pyridine rings is 1. The predicted molar refractivity (Wildman–Crippen MR) is 121 cm³/mol. The molecular weight excluding hydrogens is 429 g/mol. The Morgan fingerprint density at radius 3 is 2.55 bits per heavy atom. The summed E-state index contributed by atoms with van der Waals surface area (Å²) >= 11 is 0. The maximum atomic E-state index is 15.9. The summed E-state index contributed by atoms with van der Waals surface area (Å²) in [5.74, 6) is 1.47. The van der Waals surface area contributed by atoms with Gasteiger partial charge in [-0.15, -0.1) is 0 Å². The molecule has 0 saturated carbocycles. The van der Waals surface area contributed by atoms with Gasteiger partial charge < -0.3 is 29.1 Å². The van der Waals surface area contributed by atoms with Crippen LogP contribution in [0.3, 0.4) is 0 Å². The monoisotopic (exact) mass is 459 g/mol. The highest BCUT2D eigenvalue weighted by atomic mass is 19.1. The second-order valence-corrected chi connectivity index (χ2v) is 8.35. The Morgan fingerprint density at radius 1 is 1.21 bits per heavy atom. The van der Waals surface area contributed by atoms with E-state index < -0.39 is 5.67 Å². The Bertz CT molecular complexity index is 958. The van der Waals surface area contributed by atoms with Crippen LogP contribution in [0.5, 0.6) is 11.5 Å². The van der Waals surface area contributed by atoms with E-state index in [9.17, 15) is 9.90 Å². The number of benzene rings is 1. The number of aliphatic hydroxyl groups is 1. The summed E-state index contributed by atoms with van der Waals surface area (Å²) < 4.78 is 32.0. The van der Waals surface area contributed by atoms with Crippen molar-refractivity contribution < 1.29 is 28.5 Å². The molecule has 8 nitrogen and oxygen atoms in total. The third-order valence-electron chi connectivity index (χ3n) is 6.37. The van der Waals surface area contributed by atoms with Crippen LogP contribution in [0.15, 0.2) is 36.5 Å². The molecule has 2 aliphatic heterocycles. The summed E-state index contributed by atoms with van der Waals surface area (Å²) in [5.41, 5.74) is -0.601. The molecule has 1 aromatic carbocycles. The van der Waals surface area contributed by atoms with Crippen molar-refractivity contribution in [1.29, 1.82) is 0 Å². The SMILES string of the molecule is COc1cc(OC)cc(C2(F)CCN(C(=O)c3cccnc3N3CCO[C@H](CO)C3)CC2)c1. The van der Waals surface area contributed by atoms with E-state index >= 15 is 4.39 Å². The van der Waals surface area contributed by atoms with Crippen LogP contribution in [0.4, 0.5) is 10.2 Å². The molecule has 33 heavy (non-hydrogen) atoms. The number of hydrogen-bond donors (Lipinski definition) is 1. The molecule has 0 bridgehead atoms. The fraction of sp³-hybridized carbons (Fsp3) is 0.500. The number of amides is 1. The zero-order valence-corrected chi connectivity index (χ0v) is 19.0. The molecule has 1 aromatic heterocycles. The van der Waals surface area contributed by atoms with Crippen LogP contribution in [0.2, 0.25) is 0 Å². The fourth-order valence-corrected chi connectivity index (χ4v) is 4.43. The molecule has 1 amide bonds. The van der Waals surface area contributed by atoms with E-state index in [0.29, 0.717) is 48.1 Å². The number of alkyl halides is 1. The van der Waals surface area contributed by atoms with E-state index in [2.05, 4.69) is 4.98 Å². The summed E-state index contributed by atoms with van der Waals surface area (Å²) in [5, 5.41) is 9.45. The van der Waals surface area contributed by atoms with Crippen molar-refractivity contribution in [3.63, 3.8) is 0 Å². The molecular formula is C24H30FN3O5. The van der Waals surface area contributed by atoms with Gasteiger partial charge in [-0.3, -0.25) is 4.79 Å². The lowest BCUT2D eigenvalue weighted by atomic mass is 9.85. The predicted octanol–water partition coefficient (Wildman–Crippen LogP) is 2.40. The van der Waals surface area contributed by atoms with Crippen LogP contribution in [0, 0.1) is 0 Å². The zero-order valence-electron chi connectivity index (χ0n) is 19.0. The maximum Gasteiger partial charge on any atom is 0.257 e. The third kappa shape index (κ3) is 4.89. The quantitative estimate of drug-likeness (QED) is 0.710. The highest BCUT2D eigenvalue weighted by molar-refractivity contribution is 5.99. The lowest BCUT2D eigenvalue weighted by Crippen LogP contribution is -2.46. The lowest BCUT2D eigenvalue weighted by Gasteiger charge is -2.38. The number of carbonyl (C=O) groups is 1. The van der Waals surface area contributed by atoms with Gasteiger partial charge in [-0.25, -0.2) is 9.37 Å². The Hall–Kier alpha value is -2.91. The van der Waals surface area contributed by atoms with Crippen molar-refractivity contribution in [2.75, 3.05) is 58.5 Å². The van der Waals surface area contributed by atoms with Crippen molar-refractivity contribution in [2.24, 2.45) is 0 Å². The lowest BCUT2D eigenvalue weighted by molar-refractivity contribution is 0.00326. The van der Waals surface area contributed by atoms with Crippen molar-refractivity contribution in [3.05, 3.63) is 47.7 Å². The normalized spacial score (nSPS) is 20.4. The summed E-state index contributed by atoms with van der Waals surface area (Å²) in [6.07, 6.45) is 1.68. The first-order valence-corrected chi connectivity index (χ1v) is 11.1. The van der Waals surface area contributed by atoms with Crippen LogP contribution in [0.25, 0.3) is 0 Å². The van der Waals surface area contributed by atoms with Crippen molar-refractivity contribution in [2.45, 2.75) is 24.6 Å². The Balaban J connectivity index is 1.49. The van der Waals surface area contributed by atoms with Crippen LogP contribution in [0.1, 0.15) is 28.8 Å². The molecule has 2 aromatic rings. The number of morpholine rings is 1. The van der Waals surface area contributed by atoms with Gasteiger partial charge in [0.2, 0.25) is 0 Å². The van der Waals surface area contributed by atoms with Gasteiger partial charge in [-0.05, 0) is 29.8 Å². The van der Waals surface area contributed by atoms with Gasteiger partial charge in [0.1, 0.15) is 23.0 Å². The first-order valence-electron chi connectivity index (χ1n) is 11.1. The smallest absolute Gasteiger partial charge is 0.257 e. The van der Waals surface area contributed by atoms with Gasteiger partial charge in [0, 0.05) is 51.3 Å². The average Bonchev–Trinajstić information content (AvgIpc) is 2.88. The Labute approximate surface area is 192 Å². The minimum atomic E-state index is -1.57. The van der Waals surface area contributed by atoms with E-state index in [1.807, 2.05) is 4.90 Å². The molecule has 2 saturated heterocycles. The van der Waals surface area contributed by atoms with Gasteiger partial charge in [-0.1, -0.05) is 0 Å². The number of ether oxygens (including phenoxy) is 3. The Morgan fingerprint density at radius 2 is 1.91 bits per heavy atom. The molecule has 1 N–H and O–H groups in total. The molecule has 0 unspecified atom stereocenters. The van der Waals surface area contributed by atoms with Crippen LogP contribution in [-0.4, -0.2) is 80.6 Å². The van der Waals surface area contributed by atoms with Crippen LogP contribution < -0.4 is 14.4 Å². The van der Waals surface area contributed by atoms with Gasteiger partial charge >= 0.3 is 0 Å². The average molecular weight is 460 g/mol. The van der Waals surface area contributed by atoms with E-state index in [1.54, 1.807) is 41.4 Å². The Kier molecular flexibility index (Phi) is 6.99. The van der Waals surface area contributed by atoms with Gasteiger partial charge in [-0.2, -0.15) is 0 Å². The number of aliphatic hydroxyl groups excluding tert-OH is 1. The van der Waals surface area contributed by atoms with Gasteiger partial charge in [0.15, 0.2) is 0 Å². The van der Waals surface area contributed by atoms with Crippen molar-refractivity contribution in [1.82, 2.24) is 9.88 Å². The molecule has 4 rings (SSSR count). The molecule has 2 aliphatic rings. The second-order valence-electron chi connectivity index (χ2n) is 8.35. The number of halogens is 1. The third-order valence-corrected chi connectivity index (χ3v) is 6.37. The standard InChI is InChI=1S/C24H30FN3O5/c1-31-18-12-17(13-19(14-18)32-2)24(25)5-8-27(9-6-24)23(30)21-4-3-7-26-22(21)28-10-11-33-20(15-28)16-29/h3-4,7,12-14,20,29H,5-6,8-11,15-16H2,1-2H3/t20-/m0/s1. The first-order chi connectivity index (χ1) is 16.0. The van der Waals surface area contributed by atoms with E-state index in [4.69, 9.17) is 14.2 Å².